The number of amides is 3. The zero-order valence-electron chi connectivity index (χ0n) is 19.0. The molecule has 1 aliphatic rings. The molecule has 2 atom stereocenters. The van der Waals surface area contributed by atoms with Crippen molar-refractivity contribution in [1.82, 2.24) is 25.5 Å². The van der Waals surface area contributed by atoms with E-state index in [1.54, 1.807) is 4.90 Å². The van der Waals surface area contributed by atoms with Gasteiger partial charge in [0.1, 0.15) is 11.7 Å². The van der Waals surface area contributed by atoms with Crippen LogP contribution in [-0.2, 0) is 16.0 Å². The van der Waals surface area contributed by atoms with Crippen LogP contribution in [0.3, 0.4) is 0 Å². The van der Waals surface area contributed by atoms with Gasteiger partial charge in [0.25, 0.3) is 5.91 Å². The fourth-order valence-corrected chi connectivity index (χ4v) is 3.88. The van der Waals surface area contributed by atoms with Gasteiger partial charge in [-0.15, -0.1) is 0 Å². The third kappa shape index (κ3) is 7.63. The first kappa shape index (κ1) is 25.3. The van der Waals surface area contributed by atoms with Crippen molar-refractivity contribution in [2.45, 2.75) is 50.5 Å². The van der Waals surface area contributed by atoms with Crippen molar-refractivity contribution in [3.63, 3.8) is 0 Å². The molecule has 3 rings (SSSR count). The minimum atomic E-state index is -1.79. The van der Waals surface area contributed by atoms with Gasteiger partial charge in [0.2, 0.25) is 11.8 Å². The number of nitrogens with zero attached hydrogens (tertiary/aromatic N) is 3. The predicted octanol–water partition coefficient (Wildman–Crippen LogP) is 0.107. The number of hydrogen-bond acceptors (Lipinski definition) is 7. The van der Waals surface area contributed by atoms with E-state index in [1.807, 2.05) is 30.3 Å². The van der Waals surface area contributed by atoms with Crippen molar-refractivity contribution in [3.8, 4) is 0 Å². The minimum Gasteiger partial charge on any atom is -0.426 e. The van der Waals surface area contributed by atoms with Crippen LogP contribution < -0.4 is 10.6 Å². The number of likely N-dealkylation sites (tertiary alicyclic amines) is 1. The molecule has 0 bridgehead atoms. The Balaban J connectivity index is 1.64. The maximum absolute atomic E-state index is 13.1. The van der Waals surface area contributed by atoms with Gasteiger partial charge in [0.15, 0.2) is 0 Å². The summed E-state index contributed by atoms with van der Waals surface area (Å²) in [5.41, 5.74) is 1.11. The summed E-state index contributed by atoms with van der Waals surface area (Å²) in [6.07, 6.45) is 7.21. The normalized spacial score (nSPS) is 14.8. The molecule has 2 aromatic rings. The van der Waals surface area contributed by atoms with Gasteiger partial charge in [0.05, 0.1) is 18.6 Å². The highest BCUT2D eigenvalue weighted by atomic mass is 16.4. The van der Waals surface area contributed by atoms with Crippen molar-refractivity contribution < 1.29 is 24.4 Å². The Morgan fingerprint density at radius 2 is 1.79 bits per heavy atom. The first-order chi connectivity index (χ1) is 16.4. The molecule has 3 amide bonds. The Labute approximate surface area is 198 Å². The summed E-state index contributed by atoms with van der Waals surface area (Å²) in [7, 11) is -1.79. The van der Waals surface area contributed by atoms with Crippen LogP contribution in [0.25, 0.3) is 0 Å². The monoisotopic (exact) mass is 467 g/mol. The standard InChI is InChI=1S/C23H30BN5O5/c30-21(29-13-4-5-14-29)15-18(27-23(32)19-16-25-11-12-26-19)22(31)28-20(24(33)34)10-6-9-17-7-2-1-3-8-17/h1-3,7-8,11-12,16,18,20,33-34H,4-6,9-10,13-15H2,(H,27,32)(H,28,31). The van der Waals surface area contributed by atoms with Crippen LogP contribution in [0.1, 0.15) is 48.2 Å². The van der Waals surface area contributed by atoms with Crippen molar-refractivity contribution in [3.05, 3.63) is 60.2 Å². The number of aryl methyl sites for hydroxylation is 1. The van der Waals surface area contributed by atoms with E-state index in [0.29, 0.717) is 32.4 Å². The maximum atomic E-state index is 13.1. The highest BCUT2D eigenvalue weighted by Gasteiger charge is 2.32. The fraction of sp³-hybridized carbons (Fsp3) is 0.435. The number of carbonyl (C=O) groups is 3. The minimum absolute atomic E-state index is 0.00975. The molecule has 1 fully saturated rings. The molecule has 1 aromatic carbocycles. The second kappa shape index (κ2) is 12.8. The summed E-state index contributed by atoms with van der Waals surface area (Å²) >= 11 is 0. The number of benzene rings is 1. The molecule has 180 valence electrons. The van der Waals surface area contributed by atoms with E-state index in [2.05, 4.69) is 20.6 Å². The molecule has 34 heavy (non-hydrogen) atoms. The molecule has 1 aliphatic heterocycles. The summed E-state index contributed by atoms with van der Waals surface area (Å²) in [5.74, 6) is -2.51. The average Bonchev–Trinajstić information content (AvgIpc) is 3.39. The summed E-state index contributed by atoms with van der Waals surface area (Å²) in [6, 6.07) is 8.53. The first-order valence-corrected chi connectivity index (χ1v) is 11.5. The van der Waals surface area contributed by atoms with Gasteiger partial charge in [-0.1, -0.05) is 30.3 Å². The Hall–Kier alpha value is -3.31. The van der Waals surface area contributed by atoms with E-state index < -0.39 is 30.9 Å². The Bertz CT molecular complexity index is 941. The summed E-state index contributed by atoms with van der Waals surface area (Å²) in [6.45, 7) is 1.23. The van der Waals surface area contributed by atoms with Crippen LogP contribution in [0.5, 0.6) is 0 Å². The lowest BCUT2D eigenvalue weighted by Gasteiger charge is -2.24. The Morgan fingerprint density at radius 1 is 1.06 bits per heavy atom. The predicted molar refractivity (Wildman–Crippen MR) is 125 cm³/mol. The Kier molecular flexibility index (Phi) is 9.54. The van der Waals surface area contributed by atoms with Gasteiger partial charge < -0.3 is 25.6 Å². The molecule has 4 N–H and O–H groups in total. The van der Waals surface area contributed by atoms with E-state index in [1.165, 1.54) is 18.6 Å². The quantitative estimate of drug-likeness (QED) is 0.343. The number of rotatable bonds is 11. The number of carbonyl (C=O) groups excluding carboxylic acids is 3. The van der Waals surface area contributed by atoms with Crippen LogP contribution in [0.2, 0.25) is 0 Å². The van der Waals surface area contributed by atoms with Crippen molar-refractivity contribution >= 4 is 24.8 Å². The highest BCUT2D eigenvalue weighted by molar-refractivity contribution is 6.43. The van der Waals surface area contributed by atoms with Gasteiger partial charge in [0, 0.05) is 25.5 Å². The molecule has 1 aromatic heterocycles. The van der Waals surface area contributed by atoms with Crippen LogP contribution >= 0.6 is 0 Å². The lowest BCUT2D eigenvalue weighted by molar-refractivity contribution is -0.134. The van der Waals surface area contributed by atoms with E-state index in [9.17, 15) is 24.4 Å². The molecule has 2 heterocycles. The lowest BCUT2D eigenvalue weighted by atomic mass is 9.76. The first-order valence-electron chi connectivity index (χ1n) is 11.5. The smallest absolute Gasteiger partial charge is 0.426 e. The van der Waals surface area contributed by atoms with Crippen LogP contribution in [0, 0.1) is 0 Å². The molecule has 10 nitrogen and oxygen atoms in total. The van der Waals surface area contributed by atoms with Crippen LogP contribution in [0.15, 0.2) is 48.9 Å². The average molecular weight is 467 g/mol. The van der Waals surface area contributed by atoms with Gasteiger partial charge in [-0.05, 0) is 37.7 Å². The van der Waals surface area contributed by atoms with Crippen molar-refractivity contribution in [1.29, 1.82) is 0 Å². The summed E-state index contributed by atoms with van der Waals surface area (Å²) < 4.78 is 0. The number of hydrogen-bond donors (Lipinski definition) is 4. The third-order valence-electron chi connectivity index (χ3n) is 5.77. The molecule has 1 saturated heterocycles. The molecular weight excluding hydrogens is 437 g/mol. The lowest BCUT2D eigenvalue weighted by Crippen LogP contribution is -2.55. The van der Waals surface area contributed by atoms with E-state index in [-0.39, 0.29) is 18.0 Å². The second-order valence-electron chi connectivity index (χ2n) is 8.32. The van der Waals surface area contributed by atoms with Gasteiger partial charge in [-0.3, -0.25) is 19.4 Å². The van der Waals surface area contributed by atoms with E-state index >= 15 is 0 Å². The van der Waals surface area contributed by atoms with Crippen LogP contribution in [-0.4, -0.2) is 74.8 Å². The summed E-state index contributed by atoms with van der Waals surface area (Å²) in [4.78, 5) is 47.8. The zero-order chi connectivity index (χ0) is 24.3. The molecule has 0 radical (unpaired) electrons. The van der Waals surface area contributed by atoms with Crippen molar-refractivity contribution in [2.24, 2.45) is 0 Å². The highest BCUT2D eigenvalue weighted by Crippen LogP contribution is 2.12. The number of nitrogens with one attached hydrogen (secondary N) is 2. The topological polar surface area (TPSA) is 145 Å². The molecular formula is C23H30BN5O5. The largest absolute Gasteiger partial charge is 0.475 e. The molecule has 2 unspecified atom stereocenters. The van der Waals surface area contributed by atoms with Gasteiger partial charge in [-0.2, -0.15) is 0 Å². The van der Waals surface area contributed by atoms with Gasteiger partial charge >= 0.3 is 7.12 Å². The molecule has 11 heteroatoms. The maximum Gasteiger partial charge on any atom is 0.475 e. The SMILES string of the molecule is O=C(NC(CC(=O)N1CCCC1)C(=O)NC(CCCc1ccccc1)B(O)O)c1cnccn1. The van der Waals surface area contributed by atoms with Crippen LogP contribution in [0.4, 0.5) is 0 Å². The molecule has 0 spiro atoms. The fourth-order valence-electron chi connectivity index (χ4n) is 3.88. The molecule has 0 saturated carbocycles. The molecule has 0 aliphatic carbocycles. The number of aromatic nitrogens is 2. The third-order valence-corrected chi connectivity index (χ3v) is 5.77. The van der Waals surface area contributed by atoms with E-state index in [4.69, 9.17) is 0 Å². The van der Waals surface area contributed by atoms with Gasteiger partial charge in [-0.25, -0.2) is 4.98 Å². The zero-order valence-corrected chi connectivity index (χ0v) is 19.0. The summed E-state index contributed by atoms with van der Waals surface area (Å²) in [5, 5.41) is 24.8. The Morgan fingerprint density at radius 3 is 2.44 bits per heavy atom. The van der Waals surface area contributed by atoms with E-state index in [0.717, 1.165) is 18.4 Å². The second-order valence-corrected chi connectivity index (χ2v) is 8.32. The van der Waals surface area contributed by atoms with Crippen molar-refractivity contribution in [2.75, 3.05) is 13.1 Å².